The molecule has 0 aromatic heterocycles. The van der Waals surface area contributed by atoms with Crippen LogP contribution in [0.15, 0.2) is 0 Å². The molecule has 0 aromatic rings. The first-order valence-corrected chi connectivity index (χ1v) is 7.50. The second kappa shape index (κ2) is 6.76. The summed E-state index contributed by atoms with van der Waals surface area (Å²) in [5.41, 5.74) is -0.455. The standard InChI is InChI=1S/C15H31N3O2/c1-14(2,3)12(11-18-9-7-16-8-10-18)17-13(19)20-15(4,5)6/h12,16H,7-11H2,1-6H3,(H,17,19). The van der Waals surface area contributed by atoms with Gasteiger partial charge in [0, 0.05) is 38.8 Å². The van der Waals surface area contributed by atoms with Gasteiger partial charge >= 0.3 is 6.09 Å². The molecule has 0 radical (unpaired) electrons. The maximum atomic E-state index is 12.0. The number of carbonyl (C=O) groups excluding carboxylic acids is 1. The molecule has 0 aromatic carbocycles. The number of nitrogens with zero attached hydrogens (tertiary/aromatic N) is 1. The van der Waals surface area contributed by atoms with Gasteiger partial charge < -0.3 is 15.4 Å². The van der Waals surface area contributed by atoms with Gasteiger partial charge in [0.25, 0.3) is 0 Å². The lowest BCUT2D eigenvalue weighted by Gasteiger charge is -2.37. The molecule has 5 heteroatoms. The number of amides is 1. The van der Waals surface area contributed by atoms with Gasteiger partial charge in [0.1, 0.15) is 5.60 Å². The summed E-state index contributed by atoms with van der Waals surface area (Å²) < 4.78 is 5.37. The topological polar surface area (TPSA) is 53.6 Å². The van der Waals surface area contributed by atoms with E-state index in [1.54, 1.807) is 0 Å². The monoisotopic (exact) mass is 285 g/mol. The Morgan fingerprint density at radius 3 is 2.20 bits per heavy atom. The van der Waals surface area contributed by atoms with Crippen LogP contribution in [0, 0.1) is 5.41 Å². The lowest BCUT2D eigenvalue weighted by molar-refractivity contribution is 0.0434. The van der Waals surface area contributed by atoms with Crippen LogP contribution >= 0.6 is 0 Å². The highest BCUT2D eigenvalue weighted by Crippen LogP contribution is 2.21. The van der Waals surface area contributed by atoms with Gasteiger partial charge in [-0.3, -0.25) is 4.90 Å². The molecule has 1 unspecified atom stereocenters. The molecule has 1 heterocycles. The first-order chi connectivity index (χ1) is 9.08. The van der Waals surface area contributed by atoms with Gasteiger partial charge in [0.2, 0.25) is 0 Å². The van der Waals surface area contributed by atoms with E-state index in [0.29, 0.717) is 0 Å². The van der Waals surface area contributed by atoms with E-state index in [2.05, 4.69) is 36.3 Å². The van der Waals surface area contributed by atoms with E-state index < -0.39 is 5.60 Å². The molecule has 1 amide bonds. The summed E-state index contributed by atoms with van der Waals surface area (Å²) in [5.74, 6) is 0. The van der Waals surface area contributed by atoms with Crippen LogP contribution < -0.4 is 10.6 Å². The lowest BCUT2D eigenvalue weighted by Crippen LogP contribution is -2.54. The Balaban J connectivity index is 2.58. The van der Waals surface area contributed by atoms with Crippen molar-refractivity contribution in [2.45, 2.75) is 53.2 Å². The third-order valence-electron chi connectivity index (χ3n) is 3.39. The number of alkyl carbamates (subject to hydrolysis) is 1. The highest BCUT2D eigenvalue weighted by molar-refractivity contribution is 5.68. The molecule has 2 N–H and O–H groups in total. The van der Waals surface area contributed by atoms with Gasteiger partial charge in [0.15, 0.2) is 0 Å². The first-order valence-electron chi connectivity index (χ1n) is 7.50. The van der Waals surface area contributed by atoms with E-state index in [0.717, 1.165) is 32.7 Å². The minimum Gasteiger partial charge on any atom is -0.444 e. The van der Waals surface area contributed by atoms with Gasteiger partial charge in [-0.1, -0.05) is 20.8 Å². The smallest absolute Gasteiger partial charge is 0.407 e. The van der Waals surface area contributed by atoms with Crippen LogP contribution in [0.3, 0.4) is 0 Å². The Bertz CT molecular complexity index is 312. The van der Waals surface area contributed by atoms with Crippen molar-refractivity contribution in [3.8, 4) is 0 Å². The molecule has 1 aliphatic heterocycles. The summed E-state index contributed by atoms with van der Waals surface area (Å²) in [6.45, 7) is 17.1. The maximum Gasteiger partial charge on any atom is 0.407 e. The molecule has 0 bridgehead atoms. The number of nitrogens with one attached hydrogen (secondary N) is 2. The third-order valence-corrected chi connectivity index (χ3v) is 3.39. The van der Waals surface area contributed by atoms with Crippen LogP contribution in [-0.2, 0) is 4.74 Å². The number of ether oxygens (including phenoxy) is 1. The quantitative estimate of drug-likeness (QED) is 0.831. The van der Waals surface area contributed by atoms with Crippen molar-refractivity contribution in [3.63, 3.8) is 0 Å². The summed E-state index contributed by atoms with van der Waals surface area (Å²) in [4.78, 5) is 14.4. The Morgan fingerprint density at radius 1 is 1.20 bits per heavy atom. The molecule has 1 saturated heterocycles. The first kappa shape index (κ1) is 17.2. The number of carbonyl (C=O) groups is 1. The fourth-order valence-corrected chi connectivity index (χ4v) is 2.14. The van der Waals surface area contributed by atoms with E-state index in [1.807, 2.05) is 20.8 Å². The summed E-state index contributed by atoms with van der Waals surface area (Å²) in [5, 5.41) is 6.38. The molecular formula is C15H31N3O2. The summed E-state index contributed by atoms with van der Waals surface area (Å²) in [6.07, 6.45) is -0.326. The summed E-state index contributed by atoms with van der Waals surface area (Å²) in [6, 6.07) is 0.0791. The predicted octanol–water partition coefficient (Wildman–Crippen LogP) is 1.83. The number of hydrogen-bond donors (Lipinski definition) is 2. The summed E-state index contributed by atoms with van der Waals surface area (Å²) >= 11 is 0. The minimum absolute atomic E-state index is 0.00177. The van der Waals surface area contributed by atoms with Gasteiger partial charge in [0.05, 0.1) is 0 Å². The minimum atomic E-state index is -0.457. The molecule has 1 fully saturated rings. The Morgan fingerprint density at radius 2 is 1.75 bits per heavy atom. The second-order valence-electron chi connectivity index (χ2n) is 7.62. The zero-order valence-corrected chi connectivity index (χ0v) is 13.9. The molecule has 0 aliphatic carbocycles. The number of rotatable bonds is 3. The lowest BCUT2D eigenvalue weighted by atomic mass is 9.86. The fraction of sp³-hybridized carbons (Fsp3) is 0.933. The molecule has 0 saturated carbocycles. The average Bonchev–Trinajstić information content (AvgIpc) is 2.25. The van der Waals surface area contributed by atoms with Crippen LogP contribution in [-0.4, -0.2) is 55.4 Å². The second-order valence-corrected chi connectivity index (χ2v) is 7.62. The number of piperazine rings is 1. The van der Waals surface area contributed by atoms with Crippen LogP contribution in [0.25, 0.3) is 0 Å². The zero-order valence-electron chi connectivity index (χ0n) is 13.9. The fourth-order valence-electron chi connectivity index (χ4n) is 2.14. The Hall–Kier alpha value is -0.810. The predicted molar refractivity (Wildman–Crippen MR) is 81.9 cm³/mol. The molecule has 0 spiro atoms. The van der Waals surface area contributed by atoms with Gasteiger partial charge in [-0.2, -0.15) is 0 Å². The van der Waals surface area contributed by atoms with Crippen molar-refractivity contribution in [2.24, 2.45) is 5.41 Å². The van der Waals surface area contributed by atoms with Gasteiger partial charge in [-0.15, -0.1) is 0 Å². The zero-order chi connectivity index (χ0) is 15.4. The van der Waals surface area contributed by atoms with E-state index in [1.165, 1.54) is 0 Å². The molecule has 118 valence electrons. The van der Waals surface area contributed by atoms with Gasteiger partial charge in [-0.05, 0) is 26.2 Å². The van der Waals surface area contributed by atoms with E-state index in [9.17, 15) is 4.79 Å². The third kappa shape index (κ3) is 6.57. The van der Waals surface area contributed by atoms with Crippen molar-refractivity contribution in [1.29, 1.82) is 0 Å². The van der Waals surface area contributed by atoms with E-state index in [4.69, 9.17) is 4.74 Å². The normalized spacial score (nSPS) is 19.5. The highest BCUT2D eigenvalue weighted by Gasteiger charge is 2.30. The van der Waals surface area contributed by atoms with Crippen LogP contribution in [0.5, 0.6) is 0 Å². The van der Waals surface area contributed by atoms with Crippen molar-refractivity contribution < 1.29 is 9.53 Å². The van der Waals surface area contributed by atoms with Crippen molar-refractivity contribution in [3.05, 3.63) is 0 Å². The highest BCUT2D eigenvalue weighted by atomic mass is 16.6. The van der Waals surface area contributed by atoms with Crippen LogP contribution in [0.1, 0.15) is 41.5 Å². The molecular weight excluding hydrogens is 254 g/mol. The van der Waals surface area contributed by atoms with Crippen LogP contribution in [0.2, 0.25) is 0 Å². The van der Waals surface area contributed by atoms with Crippen molar-refractivity contribution >= 4 is 6.09 Å². The van der Waals surface area contributed by atoms with E-state index in [-0.39, 0.29) is 17.6 Å². The van der Waals surface area contributed by atoms with Crippen molar-refractivity contribution in [2.75, 3.05) is 32.7 Å². The summed E-state index contributed by atoms with van der Waals surface area (Å²) in [7, 11) is 0. The van der Waals surface area contributed by atoms with Crippen LogP contribution in [0.4, 0.5) is 4.79 Å². The molecule has 1 atom stereocenters. The van der Waals surface area contributed by atoms with Gasteiger partial charge in [-0.25, -0.2) is 4.79 Å². The van der Waals surface area contributed by atoms with Crippen molar-refractivity contribution in [1.82, 2.24) is 15.5 Å². The SMILES string of the molecule is CC(C)(C)OC(=O)NC(CN1CCNCC1)C(C)(C)C. The Labute approximate surface area is 123 Å². The van der Waals surface area contributed by atoms with E-state index >= 15 is 0 Å². The maximum absolute atomic E-state index is 12.0. The average molecular weight is 285 g/mol. The largest absolute Gasteiger partial charge is 0.444 e. The molecule has 1 rings (SSSR count). The Kier molecular flexibility index (Phi) is 5.83. The number of hydrogen-bond acceptors (Lipinski definition) is 4. The molecule has 5 nitrogen and oxygen atoms in total. The molecule has 1 aliphatic rings. The molecule has 20 heavy (non-hydrogen) atoms.